The summed E-state index contributed by atoms with van der Waals surface area (Å²) in [6.07, 6.45) is 2.32. The molecule has 0 saturated heterocycles. The van der Waals surface area contributed by atoms with E-state index in [-0.39, 0.29) is 6.04 Å². The van der Waals surface area contributed by atoms with E-state index in [0.29, 0.717) is 0 Å². The molecule has 104 valence electrons. The van der Waals surface area contributed by atoms with Crippen molar-refractivity contribution in [1.29, 1.82) is 0 Å². The van der Waals surface area contributed by atoms with Crippen LogP contribution in [0.1, 0.15) is 24.4 Å². The molecule has 0 radical (unpaired) electrons. The monoisotopic (exact) mass is 287 g/mol. The van der Waals surface area contributed by atoms with Crippen LogP contribution in [0.25, 0.3) is 10.1 Å². The van der Waals surface area contributed by atoms with Gasteiger partial charge in [0.05, 0.1) is 6.04 Å². The van der Waals surface area contributed by atoms with Crippen LogP contribution in [0.3, 0.4) is 0 Å². The number of benzene rings is 1. The van der Waals surface area contributed by atoms with Gasteiger partial charge >= 0.3 is 0 Å². The van der Waals surface area contributed by atoms with Crippen molar-refractivity contribution >= 4 is 21.4 Å². The van der Waals surface area contributed by atoms with Gasteiger partial charge in [0.2, 0.25) is 0 Å². The first-order valence-corrected chi connectivity index (χ1v) is 7.50. The average Bonchev–Trinajstić information content (AvgIpc) is 3.11. The predicted molar refractivity (Wildman–Crippen MR) is 81.3 cm³/mol. The molecule has 1 atom stereocenters. The van der Waals surface area contributed by atoms with E-state index >= 15 is 0 Å². The first-order valence-electron chi connectivity index (χ1n) is 6.62. The maximum absolute atomic E-state index is 5.76. The van der Waals surface area contributed by atoms with E-state index in [1.54, 1.807) is 17.7 Å². The van der Waals surface area contributed by atoms with Crippen molar-refractivity contribution in [3.63, 3.8) is 0 Å². The Bertz CT molecular complexity index is 702. The molecule has 0 amide bonds. The van der Waals surface area contributed by atoms with E-state index in [4.69, 9.17) is 5.84 Å². The lowest BCUT2D eigenvalue weighted by molar-refractivity contribution is 0.513. The number of rotatable bonds is 5. The Hall–Kier alpha value is -1.76. The third kappa shape index (κ3) is 2.33. The zero-order chi connectivity index (χ0) is 13.9. The van der Waals surface area contributed by atoms with E-state index in [2.05, 4.69) is 52.1 Å². The number of nitrogens with one attached hydrogen (secondary N) is 1. The molecule has 3 N–H and O–H groups in total. The van der Waals surface area contributed by atoms with Crippen molar-refractivity contribution in [1.82, 2.24) is 20.2 Å². The van der Waals surface area contributed by atoms with Crippen LogP contribution in [-0.4, -0.2) is 14.8 Å². The summed E-state index contributed by atoms with van der Waals surface area (Å²) >= 11 is 1.74. The highest BCUT2D eigenvalue weighted by molar-refractivity contribution is 7.17. The number of aromatic nitrogens is 3. The average molecular weight is 287 g/mol. The Morgan fingerprint density at radius 1 is 1.40 bits per heavy atom. The summed E-state index contributed by atoms with van der Waals surface area (Å²) in [6, 6.07) is 8.42. The maximum Gasteiger partial charge on any atom is 0.138 e. The second kappa shape index (κ2) is 5.70. The van der Waals surface area contributed by atoms with Gasteiger partial charge in [-0.15, -0.1) is 11.3 Å². The Labute approximate surface area is 121 Å². The second-order valence-electron chi connectivity index (χ2n) is 4.60. The molecule has 0 spiro atoms. The normalized spacial score (nSPS) is 12.9. The summed E-state index contributed by atoms with van der Waals surface area (Å²) in [5.74, 6) is 6.71. The fourth-order valence-electron chi connectivity index (χ4n) is 2.42. The van der Waals surface area contributed by atoms with E-state index < -0.39 is 0 Å². The van der Waals surface area contributed by atoms with Crippen molar-refractivity contribution in [2.75, 3.05) is 0 Å². The van der Waals surface area contributed by atoms with Crippen LogP contribution in [0.4, 0.5) is 0 Å². The van der Waals surface area contributed by atoms with Gasteiger partial charge in [-0.3, -0.25) is 16.0 Å². The molecule has 0 aliphatic rings. The third-order valence-corrected chi connectivity index (χ3v) is 4.45. The van der Waals surface area contributed by atoms with E-state index in [1.165, 1.54) is 15.6 Å². The van der Waals surface area contributed by atoms with Crippen molar-refractivity contribution < 1.29 is 0 Å². The molecule has 3 rings (SSSR count). The van der Waals surface area contributed by atoms with Gasteiger partial charge in [-0.2, -0.15) is 5.10 Å². The zero-order valence-corrected chi connectivity index (χ0v) is 12.1. The highest BCUT2D eigenvalue weighted by Crippen LogP contribution is 2.31. The molecule has 1 aromatic carbocycles. The fraction of sp³-hybridized carbons (Fsp3) is 0.286. The number of thiophene rings is 1. The van der Waals surface area contributed by atoms with Crippen LogP contribution in [0.15, 0.2) is 36.0 Å². The van der Waals surface area contributed by atoms with E-state index in [0.717, 1.165) is 18.8 Å². The molecule has 20 heavy (non-hydrogen) atoms. The lowest BCUT2D eigenvalue weighted by Gasteiger charge is -2.15. The van der Waals surface area contributed by atoms with Gasteiger partial charge in [0.15, 0.2) is 0 Å². The molecule has 0 fully saturated rings. The Morgan fingerprint density at radius 3 is 3.05 bits per heavy atom. The predicted octanol–water partition coefficient (Wildman–Crippen LogP) is 2.26. The number of nitrogens with zero attached hydrogens (tertiary/aromatic N) is 3. The van der Waals surface area contributed by atoms with Crippen LogP contribution in [0.5, 0.6) is 0 Å². The summed E-state index contributed by atoms with van der Waals surface area (Å²) in [5.41, 5.74) is 4.13. The first kappa shape index (κ1) is 13.2. The van der Waals surface area contributed by atoms with Crippen LogP contribution >= 0.6 is 11.3 Å². The molecule has 0 aliphatic heterocycles. The topological polar surface area (TPSA) is 68.8 Å². The zero-order valence-electron chi connectivity index (χ0n) is 11.3. The molecular weight excluding hydrogens is 270 g/mol. The summed E-state index contributed by atoms with van der Waals surface area (Å²) in [6.45, 7) is 2.88. The van der Waals surface area contributed by atoms with Crippen LogP contribution in [0.2, 0.25) is 0 Å². The number of aryl methyl sites for hydroxylation is 1. The number of nitrogens with two attached hydrogens (primary N) is 1. The summed E-state index contributed by atoms with van der Waals surface area (Å²) in [5, 5.41) is 7.63. The fourth-order valence-corrected chi connectivity index (χ4v) is 3.43. The Kier molecular flexibility index (Phi) is 3.77. The lowest BCUT2D eigenvalue weighted by Crippen LogP contribution is -2.30. The highest BCUT2D eigenvalue weighted by atomic mass is 32.1. The third-order valence-electron chi connectivity index (χ3n) is 3.47. The van der Waals surface area contributed by atoms with Crippen LogP contribution < -0.4 is 11.3 Å². The van der Waals surface area contributed by atoms with Gasteiger partial charge < -0.3 is 0 Å². The molecule has 3 aromatic rings. The summed E-state index contributed by atoms with van der Waals surface area (Å²) < 4.78 is 3.18. The van der Waals surface area contributed by atoms with Gasteiger partial charge in [-0.1, -0.05) is 18.2 Å². The molecule has 6 heteroatoms. The molecule has 2 aromatic heterocycles. The Balaban J connectivity index is 1.94. The van der Waals surface area contributed by atoms with Crippen molar-refractivity contribution in [2.45, 2.75) is 25.9 Å². The minimum atomic E-state index is 0.0423. The number of hydrogen-bond acceptors (Lipinski definition) is 5. The second-order valence-corrected chi connectivity index (χ2v) is 5.51. The van der Waals surface area contributed by atoms with Gasteiger partial charge in [0, 0.05) is 17.7 Å². The SMILES string of the molecule is CCn1ncnc1CC(NN)c1csc2ccccc12. The quantitative estimate of drug-likeness (QED) is 0.558. The molecule has 2 heterocycles. The molecule has 0 saturated carbocycles. The minimum absolute atomic E-state index is 0.0423. The van der Waals surface area contributed by atoms with E-state index in [1.807, 2.05) is 4.68 Å². The summed E-state index contributed by atoms with van der Waals surface area (Å²) in [7, 11) is 0. The number of fused-ring (bicyclic) bond motifs is 1. The molecular formula is C14H17N5S. The smallest absolute Gasteiger partial charge is 0.138 e. The van der Waals surface area contributed by atoms with Crippen LogP contribution in [-0.2, 0) is 13.0 Å². The standard InChI is InChI=1S/C14H17N5S/c1-2-19-14(16-9-17-19)7-12(18-15)11-8-20-13-6-4-3-5-10(11)13/h3-6,8-9,12,18H,2,7,15H2,1H3. The maximum atomic E-state index is 5.76. The summed E-state index contributed by atoms with van der Waals surface area (Å²) in [4.78, 5) is 4.32. The van der Waals surface area contributed by atoms with Crippen LogP contribution in [0, 0.1) is 0 Å². The van der Waals surface area contributed by atoms with Crippen molar-refractivity contribution in [2.24, 2.45) is 5.84 Å². The van der Waals surface area contributed by atoms with Gasteiger partial charge in [0.1, 0.15) is 12.2 Å². The van der Waals surface area contributed by atoms with Gasteiger partial charge in [-0.25, -0.2) is 4.98 Å². The molecule has 0 aliphatic carbocycles. The Morgan fingerprint density at radius 2 is 2.25 bits per heavy atom. The largest absolute Gasteiger partial charge is 0.271 e. The molecule has 5 nitrogen and oxygen atoms in total. The van der Waals surface area contributed by atoms with Crippen molar-refractivity contribution in [3.05, 3.63) is 47.4 Å². The highest BCUT2D eigenvalue weighted by Gasteiger charge is 2.17. The van der Waals surface area contributed by atoms with Crippen molar-refractivity contribution in [3.8, 4) is 0 Å². The van der Waals surface area contributed by atoms with E-state index in [9.17, 15) is 0 Å². The molecule has 0 bridgehead atoms. The lowest BCUT2D eigenvalue weighted by atomic mass is 10.0. The number of hydrogen-bond donors (Lipinski definition) is 2. The number of hydrazine groups is 1. The van der Waals surface area contributed by atoms with Gasteiger partial charge in [0.25, 0.3) is 0 Å². The minimum Gasteiger partial charge on any atom is -0.271 e. The first-order chi connectivity index (χ1) is 9.83. The van der Waals surface area contributed by atoms with Gasteiger partial charge in [-0.05, 0) is 29.3 Å². The molecule has 1 unspecified atom stereocenters.